The Morgan fingerprint density at radius 3 is 2.44 bits per heavy atom. The highest BCUT2D eigenvalue weighted by molar-refractivity contribution is 7.18. The van der Waals surface area contributed by atoms with Gasteiger partial charge in [-0.1, -0.05) is 35.6 Å². The molecule has 0 aliphatic rings. The lowest BCUT2D eigenvalue weighted by Crippen LogP contribution is -2.38. The summed E-state index contributed by atoms with van der Waals surface area (Å²) in [7, 11) is 1.99. The van der Waals surface area contributed by atoms with Crippen LogP contribution >= 0.6 is 11.3 Å². The Labute approximate surface area is 190 Å². The molecule has 7 nitrogen and oxygen atoms in total. The molecule has 162 valence electrons. The third kappa shape index (κ3) is 4.45. The first-order valence-corrected chi connectivity index (χ1v) is 10.9. The minimum Gasteiger partial charge on any atom is -0.478 e. The predicted molar refractivity (Wildman–Crippen MR) is 128 cm³/mol. The number of carboxylic acids is 1. The first-order valence-electron chi connectivity index (χ1n) is 10.0. The van der Waals surface area contributed by atoms with Gasteiger partial charge < -0.3 is 15.3 Å². The highest BCUT2D eigenvalue weighted by Crippen LogP contribution is 2.36. The number of carbonyl (C=O) groups is 1. The number of carboxylic acid groups (broad SMARTS) is 1. The van der Waals surface area contributed by atoms with Gasteiger partial charge in [0.25, 0.3) is 0 Å². The molecule has 4 rings (SSSR count). The molecule has 0 amide bonds. The lowest BCUT2D eigenvalue weighted by molar-refractivity contribution is 0.0697. The molecule has 0 unspecified atom stereocenters. The minimum absolute atomic E-state index is 0.272. The number of thiazole rings is 1. The summed E-state index contributed by atoms with van der Waals surface area (Å²) in [5, 5.41) is 13.2. The fourth-order valence-corrected chi connectivity index (χ4v) is 4.19. The Kier molecular flexibility index (Phi) is 5.87. The Bertz CT molecular complexity index is 1220. The summed E-state index contributed by atoms with van der Waals surface area (Å²) in [4.78, 5) is 27.8. The van der Waals surface area contributed by atoms with E-state index in [1.54, 1.807) is 29.7 Å². The van der Waals surface area contributed by atoms with E-state index in [-0.39, 0.29) is 11.1 Å². The van der Waals surface area contributed by atoms with E-state index in [2.05, 4.69) is 34.0 Å². The summed E-state index contributed by atoms with van der Waals surface area (Å²) < 4.78 is 0. The second kappa shape index (κ2) is 8.76. The highest BCUT2D eigenvalue weighted by atomic mass is 32.1. The number of aromatic carboxylic acids is 1. The summed E-state index contributed by atoms with van der Waals surface area (Å²) in [6, 6.07) is 18.4. The molecule has 0 bridgehead atoms. The standard InChI is InChI=1S/C24H23N5O2S/c1-24(2,17-12-10-16(11-13-17)22(30)31)29(3)23-26-15-19(32-23)18-7-6-9-21(27-18)28-20-8-4-5-14-25-20/h4-15H,1-3H3,(H,30,31)(H,25,27,28). The van der Waals surface area contributed by atoms with Crippen LogP contribution in [0.2, 0.25) is 0 Å². The van der Waals surface area contributed by atoms with Crippen molar-refractivity contribution in [1.29, 1.82) is 0 Å². The number of nitrogens with one attached hydrogen (secondary N) is 1. The van der Waals surface area contributed by atoms with Crippen LogP contribution in [0.1, 0.15) is 29.8 Å². The fourth-order valence-electron chi connectivity index (χ4n) is 3.20. The first-order chi connectivity index (χ1) is 15.3. The topological polar surface area (TPSA) is 91.2 Å². The monoisotopic (exact) mass is 445 g/mol. The van der Waals surface area contributed by atoms with E-state index < -0.39 is 5.97 Å². The number of nitrogens with zero attached hydrogens (tertiary/aromatic N) is 4. The number of aromatic nitrogens is 3. The van der Waals surface area contributed by atoms with Crippen molar-refractivity contribution in [3.05, 3.63) is 84.2 Å². The molecule has 4 aromatic rings. The van der Waals surface area contributed by atoms with Crippen LogP contribution in [-0.2, 0) is 5.54 Å². The van der Waals surface area contributed by atoms with Crippen LogP contribution in [-0.4, -0.2) is 33.1 Å². The zero-order valence-corrected chi connectivity index (χ0v) is 18.8. The Balaban J connectivity index is 1.55. The molecule has 0 fully saturated rings. The second-order valence-corrected chi connectivity index (χ2v) is 8.76. The molecule has 0 spiro atoms. The quantitative estimate of drug-likeness (QED) is 0.393. The van der Waals surface area contributed by atoms with Gasteiger partial charge >= 0.3 is 5.97 Å². The second-order valence-electron chi connectivity index (χ2n) is 7.76. The van der Waals surface area contributed by atoms with E-state index in [1.807, 2.05) is 61.8 Å². The molecule has 3 heterocycles. The van der Waals surface area contributed by atoms with Crippen molar-refractivity contribution >= 4 is 34.1 Å². The van der Waals surface area contributed by atoms with Crippen molar-refractivity contribution in [3.8, 4) is 10.6 Å². The van der Waals surface area contributed by atoms with E-state index in [0.717, 1.165) is 27.1 Å². The number of pyridine rings is 2. The average molecular weight is 446 g/mol. The van der Waals surface area contributed by atoms with Crippen molar-refractivity contribution in [3.63, 3.8) is 0 Å². The van der Waals surface area contributed by atoms with Gasteiger partial charge in [0.2, 0.25) is 0 Å². The smallest absolute Gasteiger partial charge is 0.335 e. The van der Waals surface area contributed by atoms with Crippen molar-refractivity contribution in [2.45, 2.75) is 19.4 Å². The molecule has 0 saturated carbocycles. The molecule has 2 N–H and O–H groups in total. The van der Waals surface area contributed by atoms with Crippen LogP contribution in [0.25, 0.3) is 10.6 Å². The van der Waals surface area contributed by atoms with Crippen LogP contribution in [0.3, 0.4) is 0 Å². The maximum Gasteiger partial charge on any atom is 0.335 e. The average Bonchev–Trinajstić information content (AvgIpc) is 3.30. The summed E-state index contributed by atoms with van der Waals surface area (Å²) in [6.45, 7) is 4.17. The van der Waals surface area contributed by atoms with Crippen LogP contribution in [0.4, 0.5) is 16.8 Å². The largest absolute Gasteiger partial charge is 0.478 e. The van der Waals surface area contributed by atoms with E-state index in [4.69, 9.17) is 10.1 Å². The lowest BCUT2D eigenvalue weighted by Gasteiger charge is -2.36. The summed E-state index contributed by atoms with van der Waals surface area (Å²) >= 11 is 1.55. The number of hydrogen-bond donors (Lipinski definition) is 2. The minimum atomic E-state index is -0.931. The molecule has 3 aromatic heterocycles. The zero-order chi connectivity index (χ0) is 22.7. The SMILES string of the molecule is CN(c1ncc(-c2cccc(Nc3ccccn3)n2)s1)C(C)(C)c1ccc(C(=O)O)cc1. The molecule has 0 saturated heterocycles. The normalized spacial score (nSPS) is 11.2. The van der Waals surface area contributed by atoms with Gasteiger partial charge in [-0.05, 0) is 55.8 Å². The zero-order valence-electron chi connectivity index (χ0n) is 18.0. The Morgan fingerprint density at radius 2 is 1.75 bits per heavy atom. The molecule has 1 aromatic carbocycles. The molecular weight excluding hydrogens is 422 g/mol. The van der Waals surface area contributed by atoms with Crippen molar-refractivity contribution in [1.82, 2.24) is 15.0 Å². The van der Waals surface area contributed by atoms with Gasteiger partial charge in [-0.3, -0.25) is 0 Å². The van der Waals surface area contributed by atoms with Gasteiger partial charge in [0.15, 0.2) is 5.13 Å². The number of hydrogen-bond acceptors (Lipinski definition) is 7. The van der Waals surface area contributed by atoms with E-state index >= 15 is 0 Å². The molecule has 0 radical (unpaired) electrons. The Hall–Kier alpha value is -3.78. The van der Waals surface area contributed by atoms with Gasteiger partial charge in [-0.2, -0.15) is 0 Å². The number of benzene rings is 1. The summed E-state index contributed by atoms with van der Waals surface area (Å²) in [5.41, 5.74) is 1.71. The van der Waals surface area contributed by atoms with Crippen LogP contribution in [0, 0.1) is 0 Å². The lowest BCUT2D eigenvalue weighted by atomic mass is 9.92. The van der Waals surface area contributed by atoms with E-state index in [0.29, 0.717) is 5.82 Å². The van der Waals surface area contributed by atoms with Crippen molar-refractivity contribution in [2.75, 3.05) is 17.3 Å². The van der Waals surface area contributed by atoms with Crippen LogP contribution in [0.5, 0.6) is 0 Å². The maximum absolute atomic E-state index is 11.1. The molecular formula is C24H23N5O2S. The van der Waals surface area contributed by atoms with Gasteiger partial charge in [0.1, 0.15) is 11.6 Å². The molecule has 8 heteroatoms. The Morgan fingerprint density at radius 1 is 1.00 bits per heavy atom. The highest BCUT2D eigenvalue weighted by Gasteiger charge is 2.28. The first kappa shape index (κ1) is 21.5. The third-order valence-corrected chi connectivity index (χ3v) is 6.48. The maximum atomic E-state index is 11.1. The third-order valence-electron chi connectivity index (χ3n) is 5.38. The van der Waals surface area contributed by atoms with Gasteiger partial charge in [0.05, 0.1) is 21.7 Å². The van der Waals surface area contributed by atoms with Crippen molar-refractivity contribution in [2.24, 2.45) is 0 Å². The van der Waals surface area contributed by atoms with Crippen molar-refractivity contribution < 1.29 is 9.90 Å². The predicted octanol–water partition coefficient (Wildman–Crippen LogP) is 5.41. The van der Waals surface area contributed by atoms with E-state index in [1.165, 1.54) is 0 Å². The molecule has 0 aliphatic carbocycles. The summed E-state index contributed by atoms with van der Waals surface area (Å²) in [5.74, 6) is 0.514. The number of anilines is 3. The molecule has 0 aliphatic heterocycles. The molecule has 32 heavy (non-hydrogen) atoms. The summed E-state index contributed by atoms with van der Waals surface area (Å²) in [6.07, 6.45) is 3.56. The van der Waals surface area contributed by atoms with Gasteiger partial charge in [-0.15, -0.1) is 0 Å². The van der Waals surface area contributed by atoms with Crippen LogP contribution in [0.15, 0.2) is 73.1 Å². The van der Waals surface area contributed by atoms with Crippen LogP contribution < -0.4 is 10.2 Å². The van der Waals surface area contributed by atoms with Gasteiger partial charge in [-0.25, -0.2) is 19.7 Å². The van der Waals surface area contributed by atoms with Gasteiger partial charge in [0, 0.05) is 19.4 Å². The fraction of sp³-hybridized carbons (Fsp3) is 0.167. The number of rotatable bonds is 7. The molecule has 0 atom stereocenters. The van der Waals surface area contributed by atoms with E-state index in [9.17, 15) is 4.79 Å².